The van der Waals surface area contributed by atoms with Gasteiger partial charge in [-0.15, -0.1) is 0 Å². The number of carbonyl (C=O) groups excluding carboxylic acids is 1. The number of benzene rings is 1. The molecule has 1 aromatic carbocycles. The predicted octanol–water partition coefficient (Wildman–Crippen LogP) is 2.65. The molecule has 0 spiro atoms. The summed E-state index contributed by atoms with van der Waals surface area (Å²) >= 11 is 0. The molecule has 2 heterocycles. The molecule has 1 fully saturated rings. The van der Waals surface area contributed by atoms with Crippen molar-refractivity contribution in [3.63, 3.8) is 0 Å². The highest BCUT2D eigenvalue weighted by molar-refractivity contribution is 7.92. The molecule has 0 radical (unpaired) electrons. The van der Waals surface area contributed by atoms with Crippen molar-refractivity contribution in [2.75, 3.05) is 38.0 Å². The lowest BCUT2D eigenvalue weighted by atomic mass is 9.99. The van der Waals surface area contributed by atoms with Crippen LogP contribution >= 0.6 is 0 Å². The Morgan fingerprint density at radius 2 is 2.00 bits per heavy atom. The van der Waals surface area contributed by atoms with Crippen LogP contribution in [-0.2, 0) is 10.0 Å². The molecule has 198 valence electrons. The lowest BCUT2D eigenvalue weighted by molar-refractivity contribution is 0.0346. The van der Waals surface area contributed by atoms with E-state index in [4.69, 9.17) is 9.26 Å². The quantitative estimate of drug-likeness (QED) is 0.517. The number of nitrogens with zero attached hydrogens (tertiary/aromatic N) is 3. The van der Waals surface area contributed by atoms with Gasteiger partial charge < -0.3 is 24.2 Å². The van der Waals surface area contributed by atoms with E-state index in [0.717, 1.165) is 6.54 Å². The van der Waals surface area contributed by atoms with Crippen LogP contribution < -0.4 is 9.46 Å². The Kier molecular flexibility index (Phi) is 7.63. The lowest BCUT2D eigenvalue weighted by Crippen LogP contribution is -2.50. The van der Waals surface area contributed by atoms with Gasteiger partial charge in [0.1, 0.15) is 11.8 Å². The summed E-state index contributed by atoms with van der Waals surface area (Å²) in [5.41, 5.74) is 0.657. The maximum atomic E-state index is 13.6. The maximum Gasteiger partial charge on any atom is 0.267 e. The molecule has 0 saturated heterocycles. The number of likely N-dealkylation sites (N-methyl/N-ethyl adjacent to an activating group) is 1. The molecule has 1 saturated carbocycles. The highest BCUT2D eigenvalue weighted by atomic mass is 32.2. The molecular formula is C25H36N4O6S. The van der Waals surface area contributed by atoms with Gasteiger partial charge in [0.15, 0.2) is 16.4 Å². The summed E-state index contributed by atoms with van der Waals surface area (Å²) in [6.45, 7) is 8.73. The fraction of sp³-hybridized carbons (Fsp3) is 0.600. The van der Waals surface area contributed by atoms with E-state index < -0.39 is 16.1 Å². The Morgan fingerprint density at radius 3 is 2.61 bits per heavy atom. The topological polar surface area (TPSA) is 125 Å². The number of anilines is 1. The Balaban J connectivity index is 1.74. The number of ether oxygens (including phenoxy) is 1. The molecule has 1 aromatic heterocycles. The highest BCUT2D eigenvalue weighted by Crippen LogP contribution is 2.37. The minimum atomic E-state index is -4.06. The Morgan fingerprint density at radius 1 is 1.28 bits per heavy atom. The van der Waals surface area contributed by atoms with Crippen molar-refractivity contribution in [2.45, 2.75) is 57.6 Å². The average molecular weight is 521 g/mol. The van der Waals surface area contributed by atoms with Gasteiger partial charge in [0.25, 0.3) is 15.9 Å². The van der Waals surface area contributed by atoms with E-state index in [9.17, 15) is 18.3 Å². The van der Waals surface area contributed by atoms with E-state index in [1.165, 1.54) is 19.8 Å². The van der Waals surface area contributed by atoms with E-state index in [0.29, 0.717) is 19.0 Å². The molecule has 2 aromatic rings. The van der Waals surface area contributed by atoms with E-state index in [2.05, 4.69) is 21.8 Å². The number of amides is 1. The van der Waals surface area contributed by atoms with Crippen LogP contribution in [0, 0.1) is 25.7 Å². The number of hydrogen-bond donors (Lipinski definition) is 2. The van der Waals surface area contributed by atoms with Crippen molar-refractivity contribution in [3.8, 4) is 5.75 Å². The van der Waals surface area contributed by atoms with Gasteiger partial charge in [0, 0.05) is 25.6 Å². The minimum absolute atomic E-state index is 0.0399. The van der Waals surface area contributed by atoms with Crippen LogP contribution in [0.15, 0.2) is 27.6 Å². The van der Waals surface area contributed by atoms with Gasteiger partial charge in [0.2, 0.25) is 0 Å². The summed E-state index contributed by atoms with van der Waals surface area (Å²) in [6.07, 6.45) is 2.16. The molecule has 10 nitrogen and oxygen atoms in total. The number of aromatic nitrogens is 1. The third kappa shape index (κ3) is 5.52. The van der Waals surface area contributed by atoms with Crippen LogP contribution in [0.5, 0.6) is 5.75 Å². The van der Waals surface area contributed by atoms with Gasteiger partial charge in [-0.3, -0.25) is 9.52 Å². The fourth-order valence-electron chi connectivity index (χ4n) is 4.72. The number of aliphatic hydroxyl groups is 1. The molecule has 1 aliphatic heterocycles. The molecule has 3 atom stereocenters. The van der Waals surface area contributed by atoms with E-state index in [1.807, 2.05) is 6.92 Å². The summed E-state index contributed by atoms with van der Waals surface area (Å²) in [6, 6.07) is 4.42. The number of rotatable bonds is 9. The normalized spacial score (nSPS) is 21.5. The second kappa shape index (κ2) is 10.4. The van der Waals surface area contributed by atoms with Crippen LogP contribution in [0.25, 0.3) is 0 Å². The molecule has 1 aliphatic carbocycles. The predicted molar refractivity (Wildman–Crippen MR) is 135 cm³/mol. The van der Waals surface area contributed by atoms with E-state index in [1.54, 1.807) is 36.9 Å². The monoisotopic (exact) mass is 520 g/mol. The van der Waals surface area contributed by atoms with Gasteiger partial charge in [0.05, 0.1) is 23.9 Å². The van der Waals surface area contributed by atoms with Gasteiger partial charge in [-0.2, -0.15) is 0 Å². The zero-order valence-corrected chi connectivity index (χ0v) is 22.3. The molecule has 2 aliphatic rings. The number of aryl methyl sites for hydroxylation is 2. The van der Waals surface area contributed by atoms with Crippen LogP contribution in [0.2, 0.25) is 0 Å². The first kappa shape index (κ1) is 26.4. The molecule has 11 heteroatoms. The first-order chi connectivity index (χ1) is 17.0. The molecule has 0 bridgehead atoms. The second-order valence-corrected chi connectivity index (χ2v) is 11.8. The first-order valence-corrected chi connectivity index (χ1v) is 13.9. The number of nitrogens with one attached hydrogen (secondary N) is 1. The van der Waals surface area contributed by atoms with Crippen molar-refractivity contribution in [3.05, 3.63) is 35.2 Å². The van der Waals surface area contributed by atoms with Crippen molar-refractivity contribution >= 4 is 21.6 Å². The zero-order valence-electron chi connectivity index (χ0n) is 21.5. The van der Waals surface area contributed by atoms with Crippen LogP contribution in [0.3, 0.4) is 0 Å². The van der Waals surface area contributed by atoms with Gasteiger partial charge in [-0.25, -0.2) is 8.42 Å². The lowest BCUT2D eigenvalue weighted by Gasteiger charge is -2.38. The average Bonchev–Trinajstić information content (AvgIpc) is 3.56. The van der Waals surface area contributed by atoms with Crippen LogP contribution in [0.1, 0.15) is 48.5 Å². The molecular weight excluding hydrogens is 484 g/mol. The summed E-state index contributed by atoms with van der Waals surface area (Å²) in [5, 5.41) is 13.6. The van der Waals surface area contributed by atoms with Crippen LogP contribution in [-0.4, -0.2) is 79.8 Å². The minimum Gasteiger partial charge on any atom is -0.486 e. The third-order valence-electron chi connectivity index (χ3n) is 6.93. The van der Waals surface area contributed by atoms with Gasteiger partial charge in [-0.1, -0.05) is 18.1 Å². The van der Waals surface area contributed by atoms with Crippen LogP contribution in [0.4, 0.5) is 5.69 Å². The molecule has 2 N–H and O–H groups in total. The Labute approximate surface area is 212 Å². The van der Waals surface area contributed by atoms with E-state index >= 15 is 0 Å². The SMILES string of the molecule is Cc1noc(C)c1S(=O)(=O)Nc1cccc2c1O[C@@H](CN(C)CC1CC1)[C@@H](C)CN([C@H](C)CO)C2=O. The Hall–Kier alpha value is -2.63. The van der Waals surface area contributed by atoms with Gasteiger partial charge in [-0.05, 0) is 58.7 Å². The molecule has 0 unspecified atom stereocenters. The van der Waals surface area contributed by atoms with Crippen molar-refractivity contribution < 1.29 is 27.6 Å². The first-order valence-electron chi connectivity index (χ1n) is 12.4. The molecule has 36 heavy (non-hydrogen) atoms. The van der Waals surface area contributed by atoms with Gasteiger partial charge >= 0.3 is 0 Å². The van der Waals surface area contributed by atoms with Crippen molar-refractivity contribution in [1.29, 1.82) is 0 Å². The summed E-state index contributed by atoms with van der Waals surface area (Å²) < 4.78 is 40.7. The third-order valence-corrected chi connectivity index (χ3v) is 8.54. The summed E-state index contributed by atoms with van der Waals surface area (Å²) in [4.78, 5) is 17.4. The van der Waals surface area contributed by atoms with E-state index in [-0.39, 0.29) is 57.9 Å². The summed E-state index contributed by atoms with van der Waals surface area (Å²) in [5.74, 6) is 0.680. The second-order valence-electron chi connectivity index (χ2n) is 10.2. The highest BCUT2D eigenvalue weighted by Gasteiger charge is 2.36. The molecule has 1 amide bonds. The maximum absolute atomic E-state index is 13.6. The Bertz CT molecular complexity index is 1190. The summed E-state index contributed by atoms with van der Waals surface area (Å²) in [7, 11) is -2.01. The number of carbonyl (C=O) groups is 1. The fourth-order valence-corrected chi connectivity index (χ4v) is 6.11. The standard InChI is InChI=1S/C25H36N4O6S/c1-15-11-29(16(2)14-30)25(31)20-7-6-8-21(27-36(32,33)24-17(3)26-35-18(24)4)23(20)34-22(15)13-28(5)12-19-9-10-19/h6-8,15-16,19,22,27,30H,9-14H2,1-5H3/t15-,16+,22-/m0/s1. The zero-order chi connectivity index (χ0) is 26.2. The molecule has 4 rings (SSSR count). The smallest absolute Gasteiger partial charge is 0.267 e. The number of para-hydroxylation sites is 1. The number of aliphatic hydroxyl groups excluding tert-OH is 1. The number of sulfonamides is 1. The number of fused-ring (bicyclic) bond motifs is 1. The van der Waals surface area contributed by atoms with Crippen molar-refractivity contribution in [2.24, 2.45) is 11.8 Å². The number of hydrogen-bond acceptors (Lipinski definition) is 8. The largest absolute Gasteiger partial charge is 0.486 e. The van der Waals surface area contributed by atoms with Crippen molar-refractivity contribution in [1.82, 2.24) is 15.0 Å².